The highest BCUT2D eigenvalue weighted by molar-refractivity contribution is 7.26. The van der Waals surface area contributed by atoms with Crippen molar-refractivity contribution in [1.82, 2.24) is 14.5 Å². The van der Waals surface area contributed by atoms with Crippen molar-refractivity contribution in [3.8, 4) is 28.3 Å². The normalized spacial score (nSPS) is 12.0. The first-order valence-corrected chi connectivity index (χ1v) is 17.7. The Labute approximate surface area is 291 Å². The van der Waals surface area contributed by atoms with Crippen LogP contribution in [-0.2, 0) is 0 Å². The summed E-state index contributed by atoms with van der Waals surface area (Å²) in [7, 11) is 0. The van der Waals surface area contributed by atoms with Crippen molar-refractivity contribution in [3.63, 3.8) is 0 Å². The highest BCUT2D eigenvalue weighted by atomic mass is 32.1. The fourth-order valence-corrected chi connectivity index (χ4v) is 9.10. The Morgan fingerprint density at radius 3 is 2.02 bits per heavy atom. The lowest BCUT2D eigenvalue weighted by Gasteiger charge is -2.13. The summed E-state index contributed by atoms with van der Waals surface area (Å²) in [5, 5.41) is 11.2. The molecule has 0 saturated carbocycles. The van der Waals surface area contributed by atoms with E-state index in [0.717, 1.165) is 38.8 Å². The van der Waals surface area contributed by atoms with Gasteiger partial charge in [0.25, 0.3) is 0 Å². The molecule has 11 rings (SSSR count). The number of thiophene rings is 1. The van der Waals surface area contributed by atoms with Crippen molar-refractivity contribution >= 4 is 85.8 Å². The molecule has 0 aliphatic heterocycles. The summed E-state index contributed by atoms with van der Waals surface area (Å²) in [4.78, 5) is 10.6. The molecule has 0 radical (unpaired) electrons. The van der Waals surface area contributed by atoms with Gasteiger partial charge in [-0.15, -0.1) is 11.3 Å². The lowest BCUT2D eigenvalue weighted by Crippen LogP contribution is -2.03. The van der Waals surface area contributed by atoms with E-state index in [1.54, 1.807) is 0 Å². The molecule has 0 aliphatic rings. The molecular weight excluding hydrogens is 627 g/mol. The topological polar surface area (TPSA) is 30.7 Å². The minimum Gasteiger partial charge on any atom is -0.278 e. The Bertz CT molecular complexity index is 3150. The molecule has 11 aromatic rings. The van der Waals surface area contributed by atoms with E-state index < -0.39 is 0 Å². The summed E-state index contributed by atoms with van der Waals surface area (Å²) in [6, 6.07) is 58.8. The zero-order chi connectivity index (χ0) is 32.8. The second-order valence-electron chi connectivity index (χ2n) is 12.9. The maximum Gasteiger partial charge on any atom is 0.235 e. The number of para-hydroxylation sites is 2. The van der Waals surface area contributed by atoms with Crippen LogP contribution in [0.15, 0.2) is 164 Å². The molecule has 50 heavy (non-hydrogen) atoms. The van der Waals surface area contributed by atoms with Gasteiger partial charge in [0.1, 0.15) is 0 Å². The molecule has 0 amide bonds. The van der Waals surface area contributed by atoms with Crippen LogP contribution in [0, 0.1) is 0 Å². The third-order valence-electron chi connectivity index (χ3n) is 10.2. The Morgan fingerprint density at radius 1 is 0.400 bits per heavy atom. The van der Waals surface area contributed by atoms with Gasteiger partial charge in [-0.2, -0.15) is 0 Å². The summed E-state index contributed by atoms with van der Waals surface area (Å²) in [6.07, 6.45) is 0. The number of nitrogens with zero attached hydrogens (tertiary/aromatic N) is 3. The van der Waals surface area contributed by atoms with Gasteiger partial charge in [-0.3, -0.25) is 4.57 Å². The molecule has 0 N–H and O–H groups in total. The summed E-state index contributed by atoms with van der Waals surface area (Å²) in [5.74, 6) is 0.668. The first-order chi connectivity index (χ1) is 24.8. The van der Waals surface area contributed by atoms with Crippen molar-refractivity contribution in [2.45, 2.75) is 0 Å². The van der Waals surface area contributed by atoms with Gasteiger partial charge in [-0.1, -0.05) is 127 Å². The van der Waals surface area contributed by atoms with E-state index in [9.17, 15) is 0 Å². The molecule has 0 fully saturated rings. The molecule has 0 aliphatic carbocycles. The molecule has 3 aromatic heterocycles. The molecule has 0 atom stereocenters. The molecule has 0 saturated heterocycles. The number of fused-ring (bicyclic) bond motifs is 12. The average molecular weight is 654 g/mol. The van der Waals surface area contributed by atoms with Gasteiger partial charge in [-0.05, 0) is 69.1 Å². The fourth-order valence-electron chi connectivity index (χ4n) is 7.99. The summed E-state index contributed by atoms with van der Waals surface area (Å²) in [6.45, 7) is 0. The van der Waals surface area contributed by atoms with Gasteiger partial charge in [0.15, 0.2) is 0 Å². The van der Waals surface area contributed by atoms with E-state index in [1.807, 2.05) is 11.3 Å². The standard InChI is InChI=1S/C46H27N3S/c1-2-11-28(12-3-1)30-13-10-14-31(27-30)45-34-15-4-7-18-37(34)47-46(48-45)49-38-19-8-5-16-35(38)43-33-23-21-29-22-26-41-44(36-17-6-9-20-40(36)50-41)42(29)32(33)24-25-39(43)49/h1-27H. The number of benzene rings is 8. The number of rotatable bonds is 3. The summed E-state index contributed by atoms with van der Waals surface area (Å²) in [5.41, 5.74) is 7.44. The van der Waals surface area contributed by atoms with Crippen LogP contribution in [0.3, 0.4) is 0 Å². The smallest absolute Gasteiger partial charge is 0.235 e. The fraction of sp³-hybridized carbons (Fsp3) is 0. The average Bonchev–Trinajstić information content (AvgIpc) is 3.74. The van der Waals surface area contributed by atoms with Crippen molar-refractivity contribution in [1.29, 1.82) is 0 Å². The van der Waals surface area contributed by atoms with E-state index in [2.05, 4.69) is 168 Å². The van der Waals surface area contributed by atoms with Gasteiger partial charge in [-0.25, -0.2) is 9.97 Å². The van der Waals surface area contributed by atoms with Crippen molar-refractivity contribution in [3.05, 3.63) is 164 Å². The Balaban J connectivity index is 1.21. The molecule has 0 bridgehead atoms. The summed E-state index contributed by atoms with van der Waals surface area (Å²) < 4.78 is 4.90. The van der Waals surface area contributed by atoms with Gasteiger partial charge in [0, 0.05) is 41.9 Å². The first kappa shape index (κ1) is 27.6. The van der Waals surface area contributed by atoms with Crippen LogP contribution in [-0.4, -0.2) is 14.5 Å². The molecule has 8 aromatic carbocycles. The molecule has 0 unspecified atom stereocenters. The second kappa shape index (κ2) is 10.6. The SMILES string of the molecule is c1ccc(-c2cccc(-c3nc(-n4c5ccccc5c5c6ccc7ccc8sc9ccccc9c8c7c6ccc54)nc4ccccc34)c2)cc1. The number of hydrogen-bond acceptors (Lipinski definition) is 3. The van der Waals surface area contributed by atoms with Gasteiger partial charge in [0.2, 0.25) is 5.95 Å². The third-order valence-corrected chi connectivity index (χ3v) is 11.3. The highest BCUT2D eigenvalue weighted by Crippen LogP contribution is 2.44. The second-order valence-corrected chi connectivity index (χ2v) is 14.0. The first-order valence-electron chi connectivity index (χ1n) is 16.9. The predicted octanol–water partition coefficient (Wildman–Crippen LogP) is 12.7. The van der Waals surface area contributed by atoms with E-state index >= 15 is 0 Å². The zero-order valence-electron chi connectivity index (χ0n) is 26.8. The van der Waals surface area contributed by atoms with Gasteiger partial charge in [0.05, 0.1) is 22.2 Å². The maximum atomic E-state index is 5.40. The molecule has 3 nitrogen and oxygen atoms in total. The van der Waals surface area contributed by atoms with Crippen LogP contribution >= 0.6 is 11.3 Å². The largest absolute Gasteiger partial charge is 0.278 e. The van der Waals surface area contributed by atoms with Gasteiger partial charge < -0.3 is 0 Å². The minimum absolute atomic E-state index is 0.668. The van der Waals surface area contributed by atoms with Crippen LogP contribution in [0.1, 0.15) is 0 Å². The molecule has 0 spiro atoms. The van der Waals surface area contributed by atoms with Crippen LogP contribution in [0.25, 0.3) is 103 Å². The van der Waals surface area contributed by atoms with E-state index in [-0.39, 0.29) is 0 Å². The monoisotopic (exact) mass is 653 g/mol. The van der Waals surface area contributed by atoms with Crippen LogP contribution in [0.2, 0.25) is 0 Å². The maximum absolute atomic E-state index is 5.40. The van der Waals surface area contributed by atoms with E-state index in [1.165, 1.54) is 58.1 Å². The predicted molar refractivity (Wildman–Crippen MR) is 213 cm³/mol. The van der Waals surface area contributed by atoms with Crippen LogP contribution < -0.4 is 0 Å². The molecule has 3 heterocycles. The summed E-state index contributed by atoms with van der Waals surface area (Å²) >= 11 is 1.87. The minimum atomic E-state index is 0.668. The van der Waals surface area contributed by atoms with E-state index in [0.29, 0.717) is 5.95 Å². The third kappa shape index (κ3) is 3.97. The number of aromatic nitrogens is 3. The molecule has 232 valence electrons. The Morgan fingerprint density at radius 2 is 1.10 bits per heavy atom. The van der Waals surface area contributed by atoms with Crippen LogP contribution in [0.4, 0.5) is 0 Å². The molecular formula is C46H27N3S. The van der Waals surface area contributed by atoms with Crippen molar-refractivity contribution in [2.75, 3.05) is 0 Å². The highest BCUT2D eigenvalue weighted by Gasteiger charge is 2.20. The lowest BCUT2D eigenvalue weighted by molar-refractivity contribution is 1.01. The van der Waals surface area contributed by atoms with Crippen LogP contribution in [0.5, 0.6) is 0 Å². The Hall–Kier alpha value is -6.36. The molecule has 4 heteroatoms. The zero-order valence-corrected chi connectivity index (χ0v) is 27.7. The Kier molecular flexibility index (Phi) is 5.83. The van der Waals surface area contributed by atoms with Gasteiger partial charge >= 0.3 is 0 Å². The number of hydrogen-bond donors (Lipinski definition) is 0. The van der Waals surface area contributed by atoms with Crippen molar-refractivity contribution < 1.29 is 0 Å². The van der Waals surface area contributed by atoms with E-state index in [4.69, 9.17) is 9.97 Å². The van der Waals surface area contributed by atoms with Crippen molar-refractivity contribution in [2.24, 2.45) is 0 Å². The quantitative estimate of drug-likeness (QED) is 0.178. The lowest BCUT2D eigenvalue weighted by atomic mass is 9.95.